The molecular formula is C12H22N2OS. The second-order valence-electron chi connectivity index (χ2n) is 5.22. The molecule has 0 radical (unpaired) electrons. The number of thioether (sulfide) groups is 1. The summed E-state index contributed by atoms with van der Waals surface area (Å²) in [7, 11) is 0. The molecule has 3 fully saturated rings. The summed E-state index contributed by atoms with van der Waals surface area (Å²) in [6, 6.07) is 1.48. The smallest absolute Gasteiger partial charge is 0.0827 e. The minimum Gasteiger partial charge on any atom is -0.374 e. The fraction of sp³-hybridized carbons (Fsp3) is 1.00. The van der Waals surface area contributed by atoms with Crippen molar-refractivity contribution in [3.63, 3.8) is 0 Å². The summed E-state index contributed by atoms with van der Waals surface area (Å²) in [6.07, 6.45) is 4.48. The predicted octanol–water partition coefficient (Wildman–Crippen LogP) is 0.945. The Hall–Kier alpha value is 0.230. The Labute approximate surface area is 102 Å². The lowest BCUT2D eigenvalue weighted by atomic mass is 10.2. The Morgan fingerprint density at radius 3 is 3.25 bits per heavy atom. The van der Waals surface area contributed by atoms with E-state index in [-0.39, 0.29) is 0 Å². The van der Waals surface area contributed by atoms with Crippen LogP contribution in [0.2, 0.25) is 0 Å². The number of hydrogen-bond acceptors (Lipinski definition) is 4. The molecule has 3 aliphatic heterocycles. The summed E-state index contributed by atoms with van der Waals surface area (Å²) in [6.45, 7) is 4.46. The van der Waals surface area contributed by atoms with Crippen LogP contribution in [0.25, 0.3) is 0 Å². The van der Waals surface area contributed by atoms with Crippen LogP contribution in [0, 0.1) is 0 Å². The number of morpholine rings is 1. The molecule has 0 spiro atoms. The van der Waals surface area contributed by atoms with Crippen LogP contribution in [-0.2, 0) is 4.74 Å². The highest BCUT2D eigenvalue weighted by Crippen LogP contribution is 2.23. The van der Waals surface area contributed by atoms with Crippen LogP contribution in [0.15, 0.2) is 0 Å². The van der Waals surface area contributed by atoms with Gasteiger partial charge in [0, 0.05) is 30.9 Å². The Bertz CT molecular complexity index is 233. The average Bonchev–Trinajstić information content (AvgIpc) is 2.97. The van der Waals surface area contributed by atoms with Crippen LogP contribution in [0.5, 0.6) is 0 Å². The first kappa shape index (κ1) is 11.3. The third-order valence-electron chi connectivity index (χ3n) is 4.03. The lowest BCUT2D eigenvalue weighted by molar-refractivity contribution is -0.0476. The quantitative estimate of drug-likeness (QED) is 0.796. The van der Waals surface area contributed by atoms with Gasteiger partial charge in [-0.25, -0.2) is 0 Å². The molecule has 3 rings (SSSR count). The van der Waals surface area contributed by atoms with Gasteiger partial charge in [0.2, 0.25) is 0 Å². The van der Waals surface area contributed by atoms with E-state index in [4.69, 9.17) is 4.74 Å². The molecule has 3 atom stereocenters. The van der Waals surface area contributed by atoms with Gasteiger partial charge < -0.3 is 10.1 Å². The molecule has 1 N–H and O–H groups in total. The molecule has 0 amide bonds. The summed E-state index contributed by atoms with van der Waals surface area (Å²) in [4.78, 5) is 2.62. The maximum Gasteiger partial charge on any atom is 0.0827 e. The SMILES string of the molecule is C1CC2COC(CNC3CCSC3)CN2C1. The van der Waals surface area contributed by atoms with Crippen molar-refractivity contribution in [1.82, 2.24) is 10.2 Å². The molecule has 3 nitrogen and oxygen atoms in total. The monoisotopic (exact) mass is 242 g/mol. The number of hydrogen-bond donors (Lipinski definition) is 1. The Morgan fingerprint density at radius 1 is 1.38 bits per heavy atom. The van der Waals surface area contributed by atoms with Gasteiger partial charge in [0.15, 0.2) is 0 Å². The zero-order valence-electron chi connectivity index (χ0n) is 9.86. The summed E-state index contributed by atoms with van der Waals surface area (Å²) in [5.74, 6) is 2.62. The maximum absolute atomic E-state index is 5.94. The van der Waals surface area contributed by atoms with Crippen LogP contribution < -0.4 is 5.32 Å². The van der Waals surface area contributed by atoms with Gasteiger partial charge in [0.25, 0.3) is 0 Å². The third-order valence-corrected chi connectivity index (χ3v) is 5.19. The number of nitrogens with one attached hydrogen (secondary N) is 1. The van der Waals surface area contributed by atoms with Crippen molar-refractivity contribution < 1.29 is 4.74 Å². The predicted molar refractivity (Wildman–Crippen MR) is 68.1 cm³/mol. The maximum atomic E-state index is 5.94. The van der Waals surface area contributed by atoms with Crippen molar-refractivity contribution in [2.24, 2.45) is 0 Å². The van der Waals surface area contributed by atoms with E-state index < -0.39 is 0 Å². The molecule has 0 aromatic heterocycles. The topological polar surface area (TPSA) is 24.5 Å². The van der Waals surface area contributed by atoms with Crippen LogP contribution in [-0.4, -0.2) is 60.8 Å². The van der Waals surface area contributed by atoms with Gasteiger partial charge in [0.05, 0.1) is 12.7 Å². The molecule has 3 heterocycles. The summed E-state index contributed by atoms with van der Waals surface area (Å²) >= 11 is 2.07. The van der Waals surface area contributed by atoms with Crippen LogP contribution >= 0.6 is 11.8 Å². The van der Waals surface area contributed by atoms with Crippen molar-refractivity contribution >= 4 is 11.8 Å². The number of rotatable bonds is 3. The number of ether oxygens (including phenoxy) is 1. The first-order valence-corrected chi connectivity index (χ1v) is 7.74. The molecule has 3 unspecified atom stereocenters. The zero-order chi connectivity index (χ0) is 10.8. The average molecular weight is 242 g/mol. The molecule has 92 valence electrons. The second kappa shape index (κ2) is 5.25. The van der Waals surface area contributed by atoms with Gasteiger partial charge in [-0.2, -0.15) is 11.8 Å². The van der Waals surface area contributed by atoms with Gasteiger partial charge in [0.1, 0.15) is 0 Å². The zero-order valence-corrected chi connectivity index (χ0v) is 10.7. The highest BCUT2D eigenvalue weighted by Gasteiger charge is 2.32. The third kappa shape index (κ3) is 2.55. The lowest BCUT2D eigenvalue weighted by Gasteiger charge is -2.35. The summed E-state index contributed by atoms with van der Waals surface area (Å²) < 4.78 is 5.94. The van der Waals surface area contributed by atoms with E-state index in [0.29, 0.717) is 6.10 Å². The fourth-order valence-electron chi connectivity index (χ4n) is 3.00. The van der Waals surface area contributed by atoms with Gasteiger partial charge >= 0.3 is 0 Å². The molecular weight excluding hydrogens is 220 g/mol. The Balaban J connectivity index is 1.42. The summed E-state index contributed by atoms with van der Waals surface area (Å²) in [5.41, 5.74) is 0. The van der Waals surface area contributed by atoms with Crippen LogP contribution in [0.3, 0.4) is 0 Å². The van der Waals surface area contributed by atoms with E-state index in [0.717, 1.165) is 31.8 Å². The van der Waals surface area contributed by atoms with Crippen molar-refractivity contribution in [3.8, 4) is 0 Å². The first-order chi connectivity index (χ1) is 7.92. The van der Waals surface area contributed by atoms with E-state index in [9.17, 15) is 0 Å². The standard InChI is InChI=1S/C12H22N2OS/c1-2-11-8-15-12(7-14(11)4-1)6-13-10-3-5-16-9-10/h10-13H,1-9H2. The van der Waals surface area contributed by atoms with E-state index in [1.165, 1.54) is 37.3 Å². The molecule has 0 bridgehead atoms. The molecule has 16 heavy (non-hydrogen) atoms. The molecule has 3 aliphatic rings. The summed E-state index contributed by atoms with van der Waals surface area (Å²) in [5, 5.41) is 3.66. The second-order valence-corrected chi connectivity index (χ2v) is 6.36. The molecule has 0 aromatic rings. The molecule has 0 aliphatic carbocycles. The Morgan fingerprint density at radius 2 is 2.38 bits per heavy atom. The minimum atomic E-state index is 0.431. The minimum absolute atomic E-state index is 0.431. The molecule has 0 aromatic carbocycles. The molecule has 3 saturated heterocycles. The van der Waals surface area contributed by atoms with Crippen molar-refractivity contribution in [1.29, 1.82) is 0 Å². The van der Waals surface area contributed by atoms with Crippen molar-refractivity contribution in [2.45, 2.75) is 37.5 Å². The first-order valence-electron chi connectivity index (χ1n) is 6.58. The van der Waals surface area contributed by atoms with Crippen molar-refractivity contribution in [2.75, 3.05) is 37.7 Å². The molecule has 4 heteroatoms. The highest BCUT2D eigenvalue weighted by molar-refractivity contribution is 7.99. The fourth-order valence-corrected chi connectivity index (χ4v) is 4.19. The van der Waals surface area contributed by atoms with Crippen LogP contribution in [0.4, 0.5) is 0 Å². The molecule has 0 saturated carbocycles. The van der Waals surface area contributed by atoms with E-state index in [1.807, 2.05) is 0 Å². The van der Waals surface area contributed by atoms with E-state index in [2.05, 4.69) is 22.0 Å². The van der Waals surface area contributed by atoms with Crippen LogP contribution in [0.1, 0.15) is 19.3 Å². The highest BCUT2D eigenvalue weighted by atomic mass is 32.2. The van der Waals surface area contributed by atoms with Gasteiger partial charge in [-0.05, 0) is 31.6 Å². The van der Waals surface area contributed by atoms with Crippen molar-refractivity contribution in [3.05, 3.63) is 0 Å². The largest absolute Gasteiger partial charge is 0.374 e. The number of nitrogens with zero attached hydrogens (tertiary/aromatic N) is 1. The lowest BCUT2D eigenvalue weighted by Crippen LogP contribution is -2.50. The van der Waals surface area contributed by atoms with Gasteiger partial charge in [-0.1, -0.05) is 0 Å². The number of fused-ring (bicyclic) bond motifs is 1. The normalized spacial score (nSPS) is 40.1. The van der Waals surface area contributed by atoms with E-state index >= 15 is 0 Å². The van der Waals surface area contributed by atoms with Gasteiger partial charge in [-0.15, -0.1) is 0 Å². The van der Waals surface area contributed by atoms with Gasteiger partial charge in [-0.3, -0.25) is 4.90 Å². The van der Waals surface area contributed by atoms with E-state index in [1.54, 1.807) is 0 Å². The Kier molecular flexibility index (Phi) is 3.72.